The van der Waals surface area contributed by atoms with Crippen LogP contribution in [0.15, 0.2) is 30.3 Å². The molecule has 1 N–H and O–H groups in total. The Labute approximate surface area is 132 Å². The second-order valence-corrected chi connectivity index (χ2v) is 6.33. The minimum absolute atomic E-state index is 0.664. The van der Waals surface area contributed by atoms with Crippen LogP contribution < -0.4 is 5.32 Å². The van der Waals surface area contributed by atoms with E-state index in [4.69, 9.17) is 0 Å². The monoisotopic (exact) mass is 289 g/mol. The summed E-state index contributed by atoms with van der Waals surface area (Å²) >= 11 is 0. The molecule has 0 radical (unpaired) electrons. The number of nitrogens with one attached hydrogen (secondary N) is 1. The van der Waals surface area contributed by atoms with Gasteiger partial charge in [0.1, 0.15) is 0 Å². The van der Waals surface area contributed by atoms with Gasteiger partial charge in [-0.25, -0.2) is 0 Å². The van der Waals surface area contributed by atoms with E-state index < -0.39 is 0 Å². The van der Waals surface area contributed by atoms with Gasteiger partial charge in [0.25, 0.3) is 0 Å². The standard InChI is InChI=1S/C20H35N/c1-3-4-5-6-7-8-9-13-17-21-18-16-19(2)20-14-11-10-12-15-20/h10-12,14-15,19,21H,3-9,13,16-18H2,1-2H3. The van der Waals surface area contributed by atoms with Gasteiger partial charge in [0.05, 0.1) is 0 Å². The average Bonchev–Trinajstić information content (AvgIpc) is 2.53. The third-order valence-corrected chi connectivity index (χ3v) is 4.33. The van der Waals surface area contributed by atoms with Crippen LogP contribution in [0.2, 0.25) is 0 Å². The molecule has 0 saturated carbocycles. The van der Waals surface area contributed by atoms with Gasteiger partial charge < -0.3 is 5.32 Å². The lowest BCUT2D eigenvalue weighted by Gasteiger charge is -2.12. The van der Waals surface area contributed by atoms with Crippen LogP contribution in [-0.4, -0.2) is 13.1 Å². The first-order valence-electron chi connectivity index (χ1n) is 9.10. The van der Waals surface area contributed by atoms with Crippen LogP contribution in [0.5, 0.6) is 0 Å². The van der Waals surface area contributed by atoms with Crippen molar-refractivity contribution >= 4 is 0 Å². The Hall–Kier alpha value is -0.820. The molecule has 1 unspecified atom stereocenters. The molecular weight excluding hydrogens is 254 g/mol. The Morgan fingerprint density at radius 2 is 1.43 bits per heavy atom. The molecule has 0 spiro atoms. The van der Waals surface area contributed by atoms with Gasteiger partial charge in [-0.15, -0.1) is 0 Å². The number of rotatable bonds is 13. The Morgan fingerprint density at radius 1 is 0.810 bits per heavy atom. The highest BCUT2D eigenvalue weighted by Crippen LogP contribution is 2.17. The quantitative estimate of drug-likeness (QED) is 0.445. The molecule has 0 fully saturated rings. The van der Waals surface area contributed by atoms with Crippen LogP contribution in [-0.2, 0) is 0 Å². The lowest BCUT2D eigenvalue weighted by atomic mass is 9.98. The van der Waals surface area contributed by atoms with E-state index in [1.807, 2.05) is 0 Å². The molecule has 1 nitrogen and oxygen atoms in total. The minimum Gasteiger partial charge on any atom is -0.317 e. The summed E-state index contributed by atoms with van der Waals surface area (Å²) in [7, 11) is 0. The molecule has 0 aliphatic rings. The Bertz CT molecular complexity index is 320. The van der Waals surface area contributed by atoms with Crippen LogP contribution in [0.1, 0.15) is 83.1 Å². The predicted octanol–water partition coefficient (Wildman–Crippen LogP) is 5.91. The van der Waals surface area contributed by atoms with Crippen molar-refractivity contribution in [2.24, 2.45) is 0 Å². The highest BCUT2D eigenvalue weighted by atomic mass is 14.8. The van der Waals surface area contributed by atoms with E-state index in [0.717, 1.165) is 6.54 Å². The van der Waals surface area contributed by atoms with E-state index in [1.54, 1.807) is 0 Å². The van der Waals surface area contributed by atoms with Gasteiger partial charge in [0, 0.05) is 0 Å². The smallest absolute Gasteiger partial charge is 0.00432 e. The van der Waals surface area contributed by atoms with Crippen molar-refractivity contribution in [2.75, 3.05) is 13.1 Å². The van der Waals surface area contributed by atoms with Gasteiger partial charge in [-0.05, 0) is 37.4 Å². The lowest BCUT2D eigenvalue weighted by molar-refractivity contribution is 0.540. The third kappa shape index (κ3) is 9.68. The second kappa shape index (κ2) is 12.9. The molecule has 0 amide bonds. The molecule has 0 bridgehead atoms. The molecule has 1 atom stereocenters. The zero-order valence-electron chi connectivity index (χ0n) is 14.2. The predicted molar refractivity (Wildman–Crippen MR) is 95.0 cm³/mol. The Kier molecular flexibility index (Phi) is 11.2. The number of benzene rings is 1. The number of hydrogen-bond acceptors (Lipinski definition) is 1. The van der Waals surface area contributed by atoms with Crippen molar-refractivity contribution in [3.8, 4) is 0 Å². The van der Waals surface area contributed by atoms with E-state index >= 15 is 0 Å². The summed E-state index contributed by atoms with van der Waals surface area (Å²) in [5, 5.41) is 3.60. The molecule has 1 rings (SSSR count). The average molecular weight is 290 g/mol. The molecule has 0 aromatic heterocycles. The van der Waals surface area contributed by atoms with Crippen LogP contribution >= 0.6 is 0 Å². The zero-order chi connectivity index (χ0) is 15.2. The van der Waals surface area contributed by atoms with Gasteiger partial charge in [-0.2, -0.15) is 0 Å². The first-order valence-corrected chi connectivity index (χ1v) is 9.10. The van der Waals surface area contributed by atoms with E-state index in [1.165, 1.54) is 69.9 Å². The highest BCUT2D eigenvalue weighted by molar-refractivity contribution is 5.18. The number of unbranched alkanes of at least 4 members (excludes halogenated alkanes) is 7. The maximum absolute atomic E-state index is 3.60. The first kappa shape index (κ1) is 18.2. The van der Waals surface area contributed by atoms with E-state index in [2.05, 4.69) is 49.5 Å². The lowest BCUT2D eigenvalue weighted by Crippen LogP contribution is -2.18. The van der Waals surface area contributed by atoms with Crippen LogP contribution in [0.3, 0.4) is 0 Å². The van der Waals surface area contributed by atoms with Gasteiger partial charge in [-0.1, -0.05) is 89.1 Å². The van der Waals surface area contributed by atoms with Crippen molar-refractivity contribution in [1.82, 2.24) is 5.32 Å². The molecule has 0 aliphatic heterocycles. The van der Waals surface area contributed by atoms with E-state index in [0.29, 0.717) is 5.92 Å². The molecule has 0 aliphatic carbocycles. The van der Waals surface area contributed by atoms with Crippen molar-refractivity contribution < 1.29 is 0 Å². The van der Waals surface area contributed by atoms with Crippen LogP contribution in [0, 0.1) is 0 Å². The van der Waals surface area contributed by atoms with Crippen molar-refractivity contribution in [1.29, 1.82) is 0 Å². The maximum Gasteiger partial charge on any atom is -0.00432 e. The Morgan fingerprint density at radius 3 is 2.10 bits per heavy atom. The second-order valence-electron chi connectivity index (χ2n) is 6.33. The highest BCUT2D eigenvalue weighted by Gasteiger charge is 2.03. The van der Waals surface area contributed by atoms with Crippen LogP contribution in [0.25, 0.3) is 0 Å². The molecule has 21 heavy (non-hydrogen) atoms. The minimum atomic E-state index is 0.664. The topological polar surface area (TPSA) is 12.0 Å². The van der Waals surface area contributed by atoms with Crippen molar-refractivity contribution in [3.63, 3.8) is 0 Å². The summed E-state index contributed by atoms with van der Waals surface area (Å²) in [6, 6.07) is 10.8. The fourth-order valence-corrected chi connectivity index (χ4v) is 2.78. The summed E-state index contributed by atoms with van der Waals surface area (Å²) in [6.07, 6.45) is 12.5. The van der Waals surface area contributed by atoms with E-state index in [9.17, 15) is 0 Å². The maximum atomic E-state index is 3.60. The molecule has 1 aromatic carbocycles. The van der Waals surface area contributed by atoms with Gasteiger partial charge >= 0.3 is 0 Å². The zero-order valence-corrected chi connectivity index (χ0v) is 14.2. The summed E-state index contributed by atoms with van der Waals surface area (Å²) in [5.74, 6) is 0.664. The van der Waals surface area contributed by atoms with E-state index in [-0.39, 0.29) is 0 Å². The van der Waals surface area contributed by atoms with Gasteiger partial charge in [0.15, 0.2) is 0 Å². The first-order chi connectivity index (χ1) is 10.3. The summed E-state index contributed by atoms with van der Waals surface area (Å²) in [4.78, 5) is 0. The van der Waals surface area contributed by atoms with Gasteiger partial charge in [0.2, 0.25) is 0 Å². The largest absolute Gasteiger partial charge is 0.317 e. The SMILES string of the molecule is CCCCCCCCCCNCCC(C)c1ccccc1. The van der Waals surface area contributed by atoms with Crippen molar-refractivity contribution in [2.45, 2.75) is 77.6 Å². The fourth-order valence-electron chi connectivity index (χ4n) is 2.78. The summed E-state index contributed by atoms with van der Waals surface area (Å²) < 4.78 is 0. The van der Waals surface area contributed by atoms with Crippen LogP contribution in [0.4, 0.5) is 0 Å². The fraction of sp³-hybridized carbons (Fsp3) is 0.700. The summed E-state index contributed by atoms with van der Waals surface area (Å²) in [5.41, 5.74) is 1.46. The summed E-state index contributed by atoms with van der Waals surface area (Å²) in [6.45, 7) is 6.95. The molecule has 120 valence electrons. The molecule has 0 heterocycles. The molecular formula is C20H35N. The molecule has 1 aromatic rings. The normalized spacial score (nSPS) is 12.5. The Balaban J connectivity index is 1.86. The van der Waals surface area contributed by atoms with Crippen molar-refractivity contribution in [3.05, 3.63) is 35.9 Å². The third-order valence-electron chi connectivity index (χ3n) is 4.33. The van der Waals surface area contributed by atoms with Gasteiger partial charge in [-0.3, -0.25) is 0 Å². The molecule has 0 saturated heterocycles. The number of hydrogen-bond donors (Lipinski definition) is 1. The molecule has 1 heteroatoms.